The SMILES string of the molecule is CNc1cc(F)cc2c1Cc1nc(Oc3cnc(C)nc3)nc(N3CCC(N)C(C)(C)C3)c1-2. The molecule has 0 saturated carbocycles. The van der Waals surface area contributed by atoms with Gasteiger partial charge in [-0.05, 0) is 42.0 Å². The van der Waals surface area contributed by atoms with E-state index in [-0.39, 0.29) is 23.3 Å². The molecule has 172 valence electrons. The zero-order chi connectivity index (χ0) is 23.3. The quantitative estimate of drug-likeness (QED) is 0.486. The molecule has 0 bridgehead atoms. The monoisotopic (exact) mass is 449 g/mol. The molecular weight excluding hydrogens is 421 g/mol. The van der Waals surface area contributed by atoms with Gasteiger partial charge in [0.2, 0.25) is 0 Å². The van der Waals surface area contributed by atoms with Gasteiger partial charge in [0.05, 0.1) is 18.1 Å². The zero-order valence-corrected chi connectivity index (χ0v) is 19.3. The predicted octanol–water partition coefficient (Wildman–Crippen LogP) is 3.68. The minimum atomic E-state index is -0.296. The van der Waals surface area contributed by atoms with Gasteiger partial charge >= 0.3 is 6.01 Å². The summed E-state index contributed by atoms with van der Waals surface area (Å²) in [5, 5.41) is 3.11. The van der Waals surface area contributed by atoms with Crippen LogP contribution in [0.3, 0.4) is 0 Å². The smallest absolute Gasteiger partial charge is 0.324 e. The van der Waals surface area contributed by atoms with Crippen molar-refractivity contribution in [3.63, 3.8) is 0 Å². The summed E-state index contributed by atoms with van der Waals surface area (Å²) in [6.45, 7) is 7.63. The van der Waals surface area contributed by atoms with Gasteiger partial charge in [0, 0.05) is 43.9 Å². The maximum absolute atomic E-state index is 14.5. The number of hydrogen-bond acceptors (Lipinski definition) is 8. The first kappa shape index (κ1) is 21.5. The number of aryl methyl sites for hydroxylation is 1. The Hall–Kier alpha value is -3.33. The third kappa shape index (κ3) is 3.86. The minimum Gasteiger partial charge on any atom is -0.421 e. The number of nitrogens with zero attached hydrogens (tertiary/aromatic N) is 5. The van der Waals surface area contributed by atoms with Crippen LogP contribution in [0.5, 0.6) is 11.8 Å². The fourth-order valence-electron chi connectivity index (χ4n) is 4.68. The second-order valence-corrected chi connectivity index (χ2v) is 9.43. The third-order valence-electron chi connectivity index (χ3n) is 6.62. The van der Waals surface area contributed by atoms with Gasteiger partial charge < -0.3 is 20.7 Å². The number of halogens is 1. The first-order chi connectivity index (χ1) is 15.7. The summed E-state index contributed by atoms with van der Waals surface area (Å²) in [4.78, 5) is 20.1. The second-order valence-electron chi connectivity index (χ2n) is 9.43. The molecule has 1 aliphatic carbocycles. The van der Waals surface area contributed by atoms with Crippen LogP contribution in [0.25, 0.3) is 11.1 Å². The Balaban J connectivity index is 1.63. The molecule has 3 heterocycles. The summed E-state index contributed by atoms with van der Waals surface area (Å²) in [5.41, 5.74) is 10.5. The molecular formula is C24H28FN7O. The maximum atomic E-state index is 14.5. The van der Waals surface area contributed by atoms with E-state index in [1.807, 2.05) is 6.92 Å². The van der Waals surface area contributed by atoms with Crippen LogP contribution in [0.15, 0.2) is 24.5 Å². The number of aromatic nitrogens is 4. The van der Waals surface area contributed by atoms with Gasteiger partial charge in [-0.25, -0.2) is 14.4 Å². The lowest BCUT2D eigenvalue weighted by molar-refractivity contribution is 0.244. The van der Waals surface area contributed by atoms with Crippen molar-refractivity contribution in [3.05, 3.63) is 47.4 Å². The average molecular weight is 450 g/mol. The highest BCUT2D eigenvalue weighted by Crippen LogP contribution is 2.46. The van der Waals surface area contributed by atoms with Crippen molar-refractivity contribution in [2.24, 2.45) is 11.1 Å². The van der Waals surface area contributed by atoms with E-state index < -0.39 is 0 Å². The number of fused-ring (bicyclic) bond motifs is 3. The molecule has 1 unspecified atom stereocenters. The van der Waals surface area contributed by atoms with E-state index in [0.29, 0.717) is 18.0 Å². The molecule has 1 aromatic carbocycles. The van der Waals surface area contributed by atoms with E-state index in [9.17, 15) is 4.39 Å². The van der Waals surface area contributed by atoms with E-state index in [1.165, 1.54) is 6.07 Å². The van der Waals surface area contributed by atoms with Crippen molar-refractivity contribution in [3.8, 4) is 22.9 Å². The van der Waals surface area contributed by atoms with Crippen LogP contribution in [-0.4, -0.2) is 46.1 Å². The summed E-state index contributed by atoms with van der Waals surface area (Å²) in [5.74, 6) is 1.57. The molecule has 9 heteroatoms. The lowest BCUT2D eigenvalue weighted by Gasteiger charge is -2.43. The second kappa shape index (κ2) is 7.91. The molecule has 1 saturated heterocycles. The lowest BCUT2D eigenvalue weighted by atomic mass is 9.79. The topological polar surface area (TPSA) is 102 Å². The van der Waals surface area contributed by atoms with Crippen molar-refractivity contribution < 1.29 is 9.13 Å². The first-order valence-corrected chi connectivity index (χ1v) is 11.1. The van der Waals surface area contributed by atoms with Gasteiger partial charge in [-0.15, -0.1) is 0 Å². The molecule has 2 aliphatic rings. The molecule has 33 heavy (non-hydrogen) atoms. The number of nitrogens with one attached hydrogen (secondary N) is 1. The van der Waals surface area contributed by atoms with Gasteiger partial charge in [-0.2, -0.15) is 9.97 Å². The number of nitrogens with two attached hydrogens (primary N) is 1. The summed E-state index contributed by atoms with van der Waals surface area (Å²) < 4.78 is 20.5. The number of hydrogen-bond donors (Lipinski definition) is 2. The van der Waals surface area contributed by atoms with E-state index in [0.717, 1.165) is 53.4 Å². The van der Waals surface area contributed by atoms with Crippen LogP contribution in [0.4, 0.5) is 15.9 Å². The fourth-order valence-corrected chi connectivity index (χ4v) is 4.68. The Labute approximate surface area is 192 Å². The summed E-state index contributed by atoms with van der Waals surface area (Å²) >= 11 is 0. The fraction of sp³-hybridized carbons (Fsp3) is 0.417. The van der Waals surface area contributed by atoms with Gasteiger partial charge in [0.15, 0.2) is 5.75 Å². The summed E-state index contributed by atoms with van der Waals surface area (Å²) in [7, 11) is 1.80. The first-order valence-electron chi connectivity index (χ1n) is 11.1. The van der Waals surface area contributed by atoms with E-state index in [2.05, 4.69) is 34.0 Å². The standard InChI is InChI=1S/C24H28FN7O/c1-13-28-10-15(11-29-13)33-23-30-19-9-16-17(7-14(25)8-18(16)27-4)21(19)22(31-23)32-6-5-20(26)24(2,3)12-32/h7-8,10-11,20,27H,5-6,9,12,26H2,1-4H3. The molecule has 0 amide bonds. The Morgan fingerprint density at radius 3 is 2.67 bits per heavy atom. The van der Waals surface area contributed by atoms with Crippen LogP contribution in [0.1, 0.15) is 37.4 Å². The highest BCUT2D eigenvalue weighted by molar-refractivity contribution is 5.88. The van der Waals surface area contributed by atoms with E-state index in [1.54, 1.807) is 25.5 Å². The normalized spacial score (nSPS) is 18.6. The van der Waals surface area contributed by atoms with Crippen LogP contribution >= 0.6 is 0 Å². The summed E-state index contributed by atoms with van der Waals surface area (Å²) in [6.07, 6.45) is 4.61. The average Bonchev–Trinajstić information content (AvgIpc) is 3.14. The highest BCUT2D eigenvalue weighted by Gasteiger charge is 2.37. The number of rotatable bonds is 4. The largest absolute Gasteiger partial charge is 0.421 e. The minimum absolute atomic E-state index is 0.0958. The summed E-state index contributed by atoms with van der Waals surface area (Å²) in [6, 6.07) is 3.42. The Morgan fingerprint density at radius 2 is 1.97 bits per heavy atom. The number of piperidine rings is 1. The predicted molar refractivity (Wildman–Crippen MR) is 125 cm³/mol. The molecule has 8 nitrogen and oxygen atoms in total. The van der Waals surface area contributed by atoms with Crippen LogP contribution in [-0.2, 0) is 6.42 Å². The van der Waals surface area contributed by atoms with E-state index in [4.69, 9.17) is 20.4 Å². The molecule has 5 rings (SSSR count). The van der Waals surface area contributed by atoms with Gasteiger partial charge in [0.25, 0.3) is 0 Å². The van der Waals surface area contributed by atoms with Crippen LogP contribution in [0, 0.1) is 18.2 Å². The molecule has 1 fully saturated rings. The molecule has 0 radical (unpaired) electrons. The Morgan fingerprint density at radius 1 is 1.21 bits per heavy atom. The lowest BCUT2D eigenvalue weighted by Crippen LogP contribution is -2.52. The molecule has 0 spiro atoms. The molecule has 1 aliphatic heterocycles. The van der Waals surface area contributed by atoms with Crippen LogP contribution < -0.4 is 20.7 Å². The molecule has 2 aromatic heterocycles. The molecule has 3 N–H and O–H groups in total. The van der Waals surface area contributed by atoms with Crippen molar-refractivity contribution >= 4 is 11.5 Å². The van der Waals surface area contributed by atoms with E-state index >= 15 is 0 Å². The maximum Gasteiger partial charge on any atom is 0.324 e. The van der Waals surface area contributed by atoms with Crippen LogP contribution in [0.2, 0.25) is 0 Å². The van der Waals surface area contributed by atoms with Crippen molar-refractivity contribution in [1.82, 2.24) is 19.9 Å². The van der Waals surface area contributed by atoms with Crippen molar-refractivity contribution in [2.45, 2.75) is 39.7 Å². The molecule has 3 aromatic rings. The van der Waals surface area contributed by atoms with Crippen molar-refractivity contribution in [2.75, 3.05) is 30.4 Å². The highest BCUT2D eigenvalue weighted by atomic mass is 19.1. The Kier molecular flexibility index (Phi) is 5.16. The number of ether oxygens (including phenoxy) is 1. The van der Waals surface area contributed by atoms with Gasteiger partial charge in [-0.1, -0.05) is 13.8 Å². The Bertz CT molecular complexity index is 1210. The number of anilines is 2. The zero-order valence-electron chi connectivity index (χ0n) is 19.3. The third-order valence-corrected chi connectivity index (χ3v) is 6.62. The van der Waals surface area contributed by atoms with Crippen molar-refractivity contribution in [1.29, 1.82) is 0 Å². The molecule has 1 atom stereocenters. The van der Waals surface area contributed by atoms with Gasteiger partial charge in [-0.3, -0.25) is 0 Å². The van der Waals surface area contributed by atoms with Gasteiger partial charge in [0.1, 0.15) is 17.5 Å². The number of benzene rings is 1.